The topological polar surface area (TPSA) is 6.48 Å². The van der Waals surface area contributed by atoms with Crippen LogP contribution in [0, 0.1) is 5.82 Å². The second-order valence-corrected chi connectivity index (χ2v) is 5.64. The van der Waals surface area contributed by atoms with E-state index in [1.807, 2.05) is 6.07 Å². The van der Waals surface area contributed by atoms with E-state index in [4.69, 9.17) is 0 Å². The summed E-state index contributed by atoms with van der Waals surface area (Å²) in [5.74, 6) is -0.164. The Morgan fingerprint density at radius 1 is 1.50 bits per heavy atom. The lowest BCUT2D eigenvalue weighted by Crippen LogP contribution is -2.45. The lowest BCUT2D eigenvalue weighted by atomic mass is 10.0. The van der Waals surface area contributed by atoms with Crippen LogP contribution < -0.4 is 4.90 Å². The molecule has 1 saturated heterocycles. The van der Waals surface area contributed by atoms with Crippen LogP contribution in [0.2, 0.25) is 0 Å². The molecule has 0 amide bonds. The maximum atomic E-state index is 13.3. The summed E-state index contributed by atoms with van der Waals surface area (Å²) >= 11 is 3.44. The van der Waals surface area contributed by atoms with Crippen LogP contribution in [0.25, 0.3) is 0 Å². The molecule has 0 aromatic heterocycles. The quantitative estimate of drug-likeness (QED) is 0.790. The number of hydrogen-bond acceptors (Lipinski definition) is 2. The molecular weight excluding hydrogens is 295 g/mol. The third kappa shape index (κ3) is 3.04. The first-order chi connectivity index (χ1) is 8.61. The van der Waals surface area contributed by atoms with Gasteiger partial charge in [-0.25, -0.2) is 4.39 Å². The standard InChI is InChI=1S/C14H20BrFN2/c1-17-7-3-4-13(10-17)18(2)14-6-5-12(16)8-11(14)9-15/h5-6,8,13H,3-4,7,9-10H2,1-2H3. The summed E-state index contributed by atoms with van der Waals surface area (Å²) in [7, 11) is 4.28. The van der Waals surface area contributed by atoms with Crippen molar-refractivity contribution in [2.24, 2.45) is 0 Å². The summed E-state index contributed by atoms with van der Waals surface area (Å²) < 4.78 is 13.3. The Bertz CT molecular complexity index is 411. The van der Waals surface area contributed by atoms with Gasteiger partial charge in [0.1, 0.15) is 5.82 Å². The molecule has 1 aliphatic rings. The van der Waals surface area contributed by atoms with Gasteiger partial charge in [0.15, 0.2) is 0 Å². The molecule has 1 aromatic carbocycles. The minimum atomic E-state index is -0.164. The van der Waals surface area contributed by atoms with Gasteiger partial charge in [0.2, 0.25) is 0 Å². The van der Waals surface area contributed by atoms with Gasteiger partial charge in [0, 0.05) is 30.7 Å². The SMILES string of the molecule is CN1CCCC(N(C)c2ccc(F)cc2CBr)C1. The van der Waals surface area contributed by atoms with E-state index in [0.29, 0.717) is 11.4 Å². The molecule has 100 valence electrons. The Hall–Kier alpha value is -0.610. The van der Waals surface area contributed by atoms with Gasteiger partial charge < -0.3 is 9.80 Å². The molecule has 2 rings (SSSR count). The normalized spacial score (nSPS) is 21.0. The first-order valence-corrected chi connectivity index (χ1v) is 7.49. The van der Waals surface area contributed by atoms with Crippen LogP contribution in [0.4, 0.5) is 10.1 Å². The molecule has 1 aliphatic heterocycles. The highest BCUT2D eigenvalue weighted by Gasteiger charge is 2.22. The van der Waals surface area contributed by atoms with Crippen LogP contribution in [0.3, 0.4) is 0 Å². The molecule has 1 atom stereocenters. The van der Waals surface area contributed by atoms with Crippen molar-refractivity contribution < 1.29 is 4.39 Å². The van der Waals surface area contributed by atoms with E-state index in [2.05, 4.69) is 39.8 Å². The van der Waals surface area contributed by atoms with E-state index >= 15 is 0 Å². The van der Waals surface area contributed by atoms with Crippen LogP contribution in [-0.4, -0.2) is 38.1 Å². The number of alkyl halides is 1. The highest BCUT2D eigenvalue weighted by atomic mass is 79.9. The molecule has 1 fully saturated rings. The van der Waals surface area contributed by atoms with Crippen molar-refractivity contribution in [2.45, 2.75) is 24.2 Å². The van der Waals surface area contributed by atoms with Gasteiger partial charge in [0.25, 0.3) is 0 Å². The number of nitrogens with zero attached hydrogens (tertiary/aromatic N) is 2. The van der Waals surface area contributed by atoms with E-state index in [0.717, 1.165) is 17.8 Å². The number of likely N-dealkylation sites (N-methyl/N-ethyl adjacent to an activating group) is 2. The van der Waals surface area contributed by atoms with Gasteiger partial charge in [-0.1, -0.05) is 15.9 Å². The van der Waals surface area contributed by atoms with Crippen LogP contribution in [0.5, 0.6) is 0 Å². The summed E-state index contributed by atoms with van der Waals surface area (Å²) in [5.41, 5.74) is 2.15. The summed E-state index contributed by atoms with van der Waals surface area (Å²) in [5, 5.41) is 0.687. The van der Waals surface area contributed by atoms with E-state index in [1.165, 1.54) is 19.4 Å². The minimum absolute atomic E-state index is 0.164. The molecule has 0 bridgehead atoms. The van der Waals surface area contributed by atoms with E-state index in [-0.39, 0.29) is 5.82 Å². The molecule has 1 unspecified atom stereocenters. The second-order valence-electron chi connectivity index (χ2n) is 5.08. The molecule has 0 radical (unpaired) electrons. The summed E-state index contributed by atoms with van der Waals surface area (Å²) in [4.78, 5) is 4.66. The first kappa shape index (κ1) is 13.8. The number of likely N-dealkylation sites (tertiary alicyclic amines) is 1. The summed E-state index contributed by atoms with van der Waals surface area (Å²) in [6, 6.07) is 5.57. The van der Waals surface area contributed by atoms with Crippen LogP contribution >= 0.6 is 15.9 Å². The predicted octanol–water partition coefficient (Wildman–Crippen LogP) is 3.25. The average Bonchev–Trinajstić information content (AvgIpc) is 2.37. The number of rotatable bonds is 3. The third-order valence-electron chi connectivity index (χ3n) is 3.71. The number of piperidine rings is 1. The number of anilines is 1. The van der Waals surface area contributed by atoms with E-state index in [9.17, 15) is 4.39 Å². The molecule has 1 heterocycles. The summed E-state index contributed by atoms with van der Waals surface area (Å²) in [6.07, 6.45) is 2.44. The van der Waals surface area contributed by atoms with Crippen molar-refractivity contribution in [3.05, 3.63) is 29.6 Å². The first-order valence-electron chi connectivity index (χ1n) is 6.37. The van der Waals surface area contributed by atoms with Gasteiger partial charge in [-0.3, -0.25) is 0 Å². The Morgan fingerprint density at radius 3 is 2.94 bits per heavy atom. The Morgan fingerprint density at radius 2 is 2.28 bits per heavy atom. The van der Waals surface area contributed by atoms with Gasteiger partial charge >= 0.3 is 0 Å². The highest BCUT2D eigenvalue weighted by Crippen LogP contribution is 2.27. The lowest BCUT2D eigenvalue weighted by molar-refractivity contribution is 0.248. The maximum Gasteiger partial charge on any atom is 0.123 e. The number of halogens is 2. The van der Waals surface area contributed by atoms with E-state index < -0.39 is 0 Å². The van der Waals surface area contributed by atoms with Crippen LogP contribution in [-0.2, 0) is 5.33 Å². The molecular formula is C14H20BrFN2. The molecule has 18 heavy (non-hydrogen) atoms. The van der Waals surface area contributed by atoms with E-state index in [1.54, 1.807) is 12.1 Å². The maximum absolute atomic E-state index is 13.3. The predicted molar refractivity (Wildman–Crippen MR) is 78.0 cm³/mol. The summed E-state index contributed by atoms with van der Waals surface area (Å²) in [6.45, 7) is 2.26. The minimum Gasteiger partial charge on any atom is -0.370 e. The Kier molecular flexibility index (Phi) is 4.62. The van der Waals surface area contributed by atoms with Crippen molar-refractivity contribution >= 4 is 21.6 Å². The molecule has 0 aliphatic carbocycles. The Labute approximate surface area is 117 Å². The molecule has 0 N–H and O–H groups in total. The van der Waals surface area contributed by atoms with Crippen molar-refractivity contribution in [3.8, 4) is 0 Å². The van der Waals surface area contributed by atoms with Crippen LogP contribution in [0.15, 0.2) is 18.2 Å². The molecule has 0 saturated carbocycles. The largest absolute Gasteiger partial charge is 0.370 e. The number of hydrogen-bond donors (Lipinski definition) is 0. The van der Waals surface area contributed by atoms with Crippen molar-refractivity contribution in [2.75, 3.05) is 32.1 Å². The van der Waals surface area contributed by atoms with Gasteiger partial charge in [-0.2, -0.15) is 0 Å². The lowest BCUT2D eigenvalue weighted by Gasteiger charge is -2.37. The molecule has 4 heteroatoms. The third-order valence-corrected chi connectivity index (χ3v) is 4.32. The van der Waals surface area contributed by atoms with Crippen molar-refractivity contribution in [1.82, 2.24) is 4.90 Å². The molecule has 1 aromatic rings. The Balaban J connectivity index is 2.19. The van der Waals surface area contributed by atoms with Crippen LogP contribution in [0.1, 0.15) is 18.4 Å². The number of benzene rings is 1. The monoisotopic (exact) mass is 314 g/mol. The molecule has 0 spiro atoms. The highest BCUT2D eigenvalue weighted by molar-refractivity contribution is 9.08. The zero-order chi connectivity index (χ0) is 13.1. The average molecular weight is 315 g/mol. The fourth-order valence-corrected chi connectivity index (χ4v) is 3.11. The van der Waals surface area contributed by atoms with Crippen molar-refractivity contribution in [1.29, 1.82) is 0 Å². The zero-order valence-corrected chi connectivity index (χ0v) is 12.6. The van der Waals surface area contributed by atoms with Gasteiger partial charge in [-0.05, 0) is 50.2 Å². The smallest absolute Gasteiger partial charge is 0.123 e. The van der Waals surface area contributed by atoms with Crippen molar-refractivity contribution in [3.63, 3.8) is 0 Å². The fraction of sp³-hybridized carbons (Fsp3) is 0.571. The zero-order valence-electron chi connectivity index (χ0n) is 11.0. The second kappa shape index (κ2) is 6.02. The fourth-order valence-electron chi connectivity index (χ4n) is 2.66. The van der Waals surface area contributed by atoms with Gasteiger partial charge in [-0.15, -0.1) is 0 Å². The van der Waals surface area contributed by atoms with Gasteiger partial charge in [0.05, 0.1) is 0 Å². The molecule has 2 nitrogen and oxygen atoms in total.